The van der Waals surface area contributed by atoms with Gasteiger partial charge in [0.15, 0.2) is 5.79 Å². The highest BCUT2D eigenvalue weighted by Crippen LogP contribution is 2.47. The third-order valence-corrected chi connectivity index (χ3v) is 3.73. The lowest BCUT2D eigenvalue weighted by Gasteiger charge is -2.45. The molecule has 0 spiro atoms. The van der Waals surface area contributed by atoms with Crippen LogP contribution in [0.3, 0.4) is 0 Å². The van der Waals surface area contributed by atoms with E-state index in [1.54, 1.807) is 14.2 Å². The van der Waals surface area contributed by atoms with Gasteiger partial charge >= 0.3 is 0 Å². The molecule has 92 valence electrons. The van der Waals surface area contributed by atoms with Gasteiger partial charge in [-0.25, -0.2) is 5.26 Å². The Morgan fingerprint density at radius 3 is 2.06 bits per heavy atom. The minimum Gasteiger partial charge on any atom is -0.353 e. The smallest absolute Gasteiger partial charge is 0.168 e. The average Bonchev–Trinajstić information content (AvgIpc) is 2.34. The molecule has 1 aromatic carbocycles. The maximum atomic E-state index is 6.50. The number of hydrogen-bond donors (Lipinski definition) is 0. The Kier molecular flexibility index (Phi) is 5.13. The lowest BCUT2D eigenvalue weighted by atomic mass is 9.74. The van der Waals surface area contributed by atoms with Crippen LogP contribution in [-0.2, 0) is 9.47 Å². The average molecular weight is 298 g/mol. The van der Waals surface area contributed by atoms with Crippen LogP contribution in [0.2, 0.25) is 0 Å². The van der Waals surface area contributed by atoms with Gasteiger partial charge in [-0.15, -0.1) is 0 Å². The molecule has 0 radical (unpaired) electrons. The van der Waals surface area contributed by atoms with Crippen LogP contribution in [0, 0.1) is 11.8 Å². The molecule has 0 aromatic heterocycles. The zero-order valence-electron chi connectivity index (χ0n) is 10.0. The fourth-order valence-corrected chi connectivity index (χ4v) is 2.34. The van der Waals surface area contributed by atoms with E-state index < -0.39 is 0 Å². The number of methoxy groups -OCH3 is 2. The predicted octanol–water partition coefficient (Wildman–Crippen LogP) is 3.46. The first kappa shape index (κ1) is 14.2. The zero-order valence-corrected chi connectivity index (χ0v) is 11.6. The molecule has 1 fully saturated rings. The van der Waals surface area contributed by atoms with Crippen molar-refractivity contribution in [3.63, 3.8) is 0 Å². The van der Waals surface area contributed by atoms with E-state index in [1.165, 1.54) is 5.56 Å². The summed E-state index contributed by atoms with van der Waals surface area (Å²) in [6.07, 6.45) is 1.89. The molecular weight excluding hydrogens is 282 g/mol. The molecule has 0 aliphatic heterocycles. The second-order valence-corrected chi connectivity index (χ2v) is 4.89. The van der Waals surface area contributed by atoms with Crippen molar-refractivity contribution < 1.29 is 9.47 Å². The van der Waals surface area contributed by atoms with Crippen molar-refractivity contribution in [3.8, 4) is 6.57 Å². The molecular formula is C13H16BrNO2. The largest absolute Gasteiger partial charge is 0.353 e. The quantitative estimate of drug-likeness (QED) is 0.803. The second kappa shape index (κ2) is 6.15. The van der Waals surface area contributed by atoms with E-state index in [0.29, 0.717) is 5.92 Å². The molecule has 0 atom stereocenters. The summed E-state index contributed by atoms with van der Waals surface area (Å²) in [5.74, 6) is 0.232. The highest BCUT2D eigenvalue weighted by atomic mass is 79.9. The third-order valence-electron chi connectivity index (χ3n) is 3.20. The Morgan fingerprint density at radius 2 is 1.65 bits per heavy atom. The molecule has 4 heteroatoms. The van der Waals surface area contributed by atoms with Gasteiger partial charge in [0.25, 0.3) is 0 Å². The number of nitriles is 1. The Labute approximate surface area is 110 Å². The van der Waals surface area contributed by atoms with Crippen molar-refractivity contribution in [1.82, 2.24) is 0 Å². The predicted molar refractivity (Wildman–Crippen MR) is 69.5 cm³/mol. The van der Waals surface area contributed by atoms with Crippen LogP contribution >= 0.6 is 15.9 Å². The molecule has 0 heterocycles. The standard InChI is InChI=1S/C12H15BrO2.CHN/c1-14-12(15-2)7-10(8-12)9-3-5-11(13)6-4-9;1-2/h3-6,10H,7-8H2,1-2H3;1H. The van der Waals surface area contributed by atoms with Crippen LogP contribution in [0.25, 0.3) is 0 Å². The van der Waals surface area contributed by atoms with Crippen molar-refractivity contribution in [2.45, 2.75) is 24.5 Å². The van der Waals surface area contributed by atoms with E-state index in [4.69, 9.17) is 14.7 Å². The number of hydrogen-bond acceptors (Lipinski definition) is 3. The summed E-state index contributed by atoms with van der Waals surface area (Å²) in [6.45, 7) is 3.50. The Hall–Kier alpha value is -0.890. The van der Waals surface area contributed by atoms with E-state index in [9.17, 15) is 0 Å². The summed E-state index contributed by atoms with van der Waals surface area (Å²) in [6, 6.07) is 8.47. The number of benzene rings is 1. The summed E-state index contributed by atoms with van der Waals surface area (Å²) in [5.41, 5.74) is 1.36. The van der Waals surface area contributed by atoms with E-state index in [-0.39, 0.29) is 5.79 Å². The van der Waals surface area contributed by atoms with Crippen molar-refractivity contribution in [1.29, 1.82) is 5.26 Å². The molecule has 17 heavy (non-hydrogen) atoms. The van der Waals surface area contributed by atoms with Gasteiger partial charge in [0.2, 0.25) is 0 Å². The second-order valence-electron chi connectivity index (χ2n) is 3.98. The summed E-state index contributed by atoms with van der Waals surface area (Å²) in [5, 5.41) is 6.50. The summed E-state index contributed by atoms with van der Waals surface area (Å²) >= 11 is 3.43. The first-order valence-electron chi connectivity index (χ1n) is 5.31. The fourth-order valence-electron chi connectivity index (χ4n) is 2.08. The molecule has 1 aliphatic carbocycles. The lowest BCUT2D eigenvalue weighted by Crippen LogP contribution is -2.45. The molecule has 0 N–H and O–H groups in total. The van der Waals surface area contributed by atoms with Crippen molar-refractivity contribution in [2.24, 2.45) is 0 Å². The molecule has 2 rings (SSSR count). The number of rotatable bonds is 3. The van der Waals surface area contributed by atoms with Crippen LogP contribution in [0.1, 0.15) is 24.3 Å². The fraction of sp³-hybridized carbons (Fsp3) is 0.462. The Bertz CT molecular complexity index is 363. The number of nitrogens with zero attached hydrogens (tertiary/aromatic N) is 1. The normalized spacial score (nSPS) is 17.7. The molecule has 1 aliphatic rings. The van der Waals surface area contributed by atoms with E-state index in [0.717, 1.165) is 17.3 Å². The zero-order chi connectivity index (χ0) is 12.9. The Morgan fingerprint density at radius 1 is 1.18 bits per heavy atom. The number of ether oxygens (including phenoxy) is 2. The van der Waals surface area contributed by atoms with Crippen LogP contribution in [0.15, 0.2) is 28.7 Å². The topological polar surface area (TPSA) is 42.2 Å². The summed E-state index contributed by atoms with van der Waals surface area (Å²) in [4.78, 5) is 0. The molecule has 0 saturated heterocycles. The summed E-state index contributed by atoms with van der Waals surface area (Å²) in [7, 11) is 3.42. The molecule has 0 amide bonds. The minimum absolute atomic E-state index is 0.336. The van der Waals surface area contributed by atoms with Gasteiger partial charge in [-0.3, -0.25) is 0 Å². The SMILES string of the molecule is C#N.COC1(OC)CC(c2ccc(Br)cc2)C1. The molecule has 3 nitrogen and oxygen atoms in total. The Balaban J connectivity index is 0.000000686. The van der Waals surface area contributed by atoms with Gasteiger partial charge in [0.05, 0.1) is 0 Å². The molecule has 0 unspecified atom stereocenters. The van der Waals surface area contributed by atoms with Crippen LogP contribution in [0.5, 0.6) is 0 Å². The minimum atomic E-state index is -0.336. The van der Waals surface area contributed by atoms with Gasteiger partial charge < -0.3 is 9.47 Å². The highest BCUT2D eigenvalue weighted by molar-refractivity contribution is 9.10. The van der Waals surface area contributed by atoms with Crippen LogP contribution in [-0.4, -0.2) is 20.0 Å². The highest BCUT2D eigenvalue weighted by Gasteiger charge is 2.45. The summed E-state index contributed by atoms with van der Waals surface area (Å²) < 4.78 is 11.9. The van der Waals surface area contributed by atoms with Gasteiger partial charge in [-0.1, -0.05) is 28.1 Å². The van der Waals surface area contributed by atoms with Gasteiger partial charge in [-0.05, 0) is 23.6 Å². The van der Waals surface area contributed by atoms with Crippen LogP contribution in [0.4, 0.5) is 0 Å². The van der Waals surface area contributed by atoms with Crippen molar-refractivity contribution in [2.75, 3.05) is 14.2 Å². The van der Waals surface area contributed by atoms with Gasteiger partial charge in [0, 0.05) is 38.1 Å². The lowest BCUT2D eigenvalue weighted by molar-refractivity contribution is -0.257. The maximum Gasteiger partial charge on any atom is 0.168 e. The molecule has 1 saturated carbocycles. The first-order chi connectivity index (χ1) is 8.19. The molecule has 0 bridgehead atoms. The molecule has 1 aromatic rings. The first-order valence-corrected chi connectivity index (χ1v) is 6.10. The maximum absolute atomic E-state index is 6.50. The van der Waals surface area contributed by atoms with Crippen LogP contribution < -0.4 is 0 Å². The van der Waals surface area contributed by atoms with E-state index in [1.807, 2.05) is 0 Å². The van der Waals surface area contributed by atoms with E-state index in [2.05, 4.69) is 46.8 Å². The van der Waals surface area contributed by atoms with Gasteiger partial charge in [0.1, 0.15) is 0 Å². The van der Waals surface area contributed by atoms with Crippen molar-refractivity contribution in [3.05, 3.63) is 34.3 Å². The third kappa shape index (κ3) is 3.06. The van der Waals surface area contributed by atoms with Crippen molar-refractivity contribution >= 4 is 15.9 Å². The monoisotopic (exact) mass is 297 g/mol. The van der Waals surface area contributed by atoms with E-state index >= 15 is 0 Å². The number of halogens is 1. The van der Waals surface area contributed by atoms with Gasteiger partial charge in [-0.2, -0.15) is 0 Å².